The van der Waals surface area contributed by atoms with E-state index in [0.717, 1.165) is 55.0 Å². The van der Waals surface area contributed by atoms with Crippen molar-refractivity contribution in [3.63, 3.8) is 0 Å². The first-order valence-corrected chi connectivity index (χ1v) is 8.92. The van der Waals surface area contributed by atoms with E-state index in [1.807, 2.05) is 6.92 Å². The monoisotopic (exact) mass is 334 g/mol. The number of rotatable bonds is 1. The third-order valence-corrected chi connectivity index (χ3v) is 6.08. The van der Waals surface area contributed by atoms with Crippen LogP contribution < -0.4 is 10.6 Å². The number of H-pyrrole nitrogens is 1. The minimum Gasteiger partial charge on any atom is -0.355 e. The number of anilines is 1. The van der Waals surface area contributed by atoms with E-state index < -0.39 is 0 Å². The molecule has 0 unspecified atom stereocenters. The van der Waals surface area contributed by atoms with Crippen molar-refractivity contribution in [1.29, 1.82) is 0 Å². The quantitative estimate of drug-likeness (QED) is 0.714. The molecule has 1 atom stereocenters. The minimum absolute atomic E-state index is 0.146. The zero-order valence-electron chi connectivity index (χ0n) is 14.4. The Balaban J connectivity index is 1.40. The number of hydrogen-bond acceptors (Lipinski definition) is 5. The van der Waals surface area contributed by atoms with Gasteiger partial charge in [0.15, 0.2) is 11.5 Å². The van der Waals surface area contributed by atoms with Crippen LogP contribution in [0.4, 0.5) is 5.82 Å². The highest BCUT2D eigenvalue weighted by Gasteiger charge is 2.46. The Bertz CT molecular complexity index is 938. The molecule has 3 N–H and O–H groups in total. The Labute approximate surface area is 146 Å². The summed E-state index contributed by atoms with van der Waals surface area (Å²) < 4.78 is 0. The maximum Gasteiger partial charge on any atom is 0.176 e. The topological polar surface area (TPSA) is 83.7 Å². The molecule has 1 aromatic carbocycles. The van der Waals surface area contributed by atoms with Gasteiger partial charge < -0.3 is 10.6 Å². The highest BCUT2D eigenvalue weighted by molar-refractivity contribution is 5.71. The van der Waals surface area contributed by atoms with Crippen LogP contribution in [0.25, 0.3) is 11.2 Å². The molecule has 3 heterocycles. The predicted molar refractivity (Wildman–Crippen MR) is 97.4 cm³/mol. The van der Waals surface area contributed by atoms with Crippen LogP contribution in [0.1, 0.15) is 35.7 Å². The van der Waals surface area contributed by atoms with Crippen molar-refractivity contribution in [2.75, 3.05) is 18.0 Å². The molecule has 1 fully saturated rings. The molecule has 25 heavy (non-hydrogen) atoms. The van der Waals surface area contributed by atoms with E-state index in [2.05, 4.69) is 44.3 Å². The summed E-state index contributed by atoms with van der Waals surface area (Å²) >= 11 is 0. The highest BCUT2D eigenvalue weighted by Crippen LogP contribution is 2.50. The summed E-state index contributed by atoms with van der Waals surface area (Å²) in [5.74, 6) is 0.968. The van der Waals surface area contributed by atoms with Gasteiger partial charge in [-0.15, -0.1) is 0 Å². The molecule has 0 radical (unpaired) electrons. The smallest absolute Gasteiger partial charge is 0.176 e. The summed E-state index contributed by atoms with van der Waals surface area (Å²) in [5, 5.41) is 6.96. The van der Waals surface area contributed by atoms with E-state index in [-0.39, 0.29) is 11.5 Å². The van der Waals surface area contributed by atoms with Gasteiger partial charge in [-0.25, -0.2) is 9.97 Å². The predicted octanol–water partition coefficient (Wildman–Crippen LogP) is 2.50. The Morgan fingerprint density at radius 2 is 2.00 bits per heavy atom. The molecule has 1 spiro atoms. The molecule has 0 bridgehead atoms. The fraction of sp³-hybridized carbons (Fsp3) is 0.421. The van der Waals surface area contributed by atoms with Crippen LogP contribution in [0.2, 0.25) is 0 Å². The van der Waals surface area contributed by atoms with Gasteiger partial charge in [-0.3, -0.25) is 5.10 Å². The van der Waals surface area contributed by atoms with Gasteiger partial charge in [-0.2, -0.15) is 5.10 Å². The van der Waals surface area contributed by atoms with Gasteiger partial charge in [-0.1, -0.05) is 24.3 Å². The second kappa shape index (κ2) is 5.26. The van der Waals surface area contributed by atoms with Crippen molar-refractivity contribution >= 4 is 17.0 Å². The maximum atomic E-state index is 6.67. The molecule has 0 saturated carbocycles. The number of hydrogen-bond donors (Lipinski definition) is 2. The molecular weight excluding hydrogens is 312 g/mol. The summed E-state index contributed by atoms with van der Waals surface area (Å²) in [6.45, 7) is 3.96. The first-order valence-electron chi connectivity index (χ1n) is 8.92. The summed E-state index contributed by atoms with van der Waals surface area (Å²) in [6.07, 6.45) is 5.00. The molecule has 1 aliphatic heterocycles. The molecule has 1 saturated heterocycles. The van der Waals surface area contributed by atoms with Crippen molar-refractivity contribution in [3.8, 4) is 0 Å². The molecule has 6 heteroatoms. The summed E-state index contributed by atoms with van der Waals surface area (Å²) in [7, 11) is 0. The normalized spacial score (nSPS) is 21.8. The molecule has 0 amide bonds. The Morgan fingerprint density at radius 3 is 2.80 bits per heavy atom. The number of aromatic nitrogens is 4. The second-order valence-electron chi connectivity index (χ2n) is 7.44. The van der Waals surface area contributed by atoms with Crippen LogP contribution in [0.3, 0.4) is 0 Å². The molecule has 1 aliphatic carbocycles. The molecular formula is C19H22N6. The molecule has 2 aromatic heterocycles. The zero-order valence-corrected chi connectivity index (χ0v) is 14.4. The van der Waals surface area contributed by atoms with E-state index in [9.17, 15) is 0 Å². The van der Waals surface area contributed by atoms with E-state index in [4.69, 9.17) is 10.7 Å². The number of nitrogens with one attached hydrogen (secondary N) is 1. The first-order chi connectivity index (χ1) is 12.2. The fourth-order valence-corrected chi connectivity index (χ4v) is 4.62. The fourth-order valence-electron chi connectivity index (χ4n) is 4.62. The van der Waals surface area contributed by atoms with Gasteiger partial charge in [0, 0.05) is 19.1 Å². The molecule has 128 valence electrons. The highest BCUT2D eigenvalue weighted by atomic mass is 15.2. The molecule has 6 nitrogen and oxygen atoms in total. The van der Waals surface area contributed by atoms with Gasteiger partial charge in [0.1, 0.15) is 5.52 Å². The first kappa shape index (κ1) is 14.8. The Morgan fingerprint density at radius 1 is 1.20 bits per heavy atom. The summed E-state index contributed by atoms with van der Waals surface area (Å²) in [6, 6.07) is 8.80. The standard InChI is InChI=1S/C19H22N6/c1-12-18(23-17-15(22-12)11-21-24-17)25-8-6-19(7-9-25)10-13-4-2-3-5-14(13)16(19)20/h2-5,11,16H,6-10,20H2,1H3,(H,21,23,24)/t16-/m1/s1. The third kappa shape index (κ3) is 2.17. The van der Waals surface area contributed by atoms with Gasteiger partial charge in [0.25, 0.3) is 0 Å². The van der Waals surface area contributed by atoms with Gasteiger partial charge >= 0.3 is 0 Å². The van der Waals surface area contributed by atoms with Gasteiger partial charge in [0.05, 0.1) is 11.9 Å². The lowest BCUT2D eigenvalue weighted by Gasteiger charge is -2.42. The van der Waals surface area contributed by atoms with Crippen LogP contribution in [0.5, 0.6) is 0 Å². The number of aromatic amines is 1. The van der Waals surface area contributed by atoms with Crippen LogP contribution in [0, 0.1) is 12.3 Å². The van der Waals surface area contributed by atoms with Crippen LogP contribution in [-0.2, 0) is 6.42 Å². The number of benzene rings is 1. The van der Waals surface area contributed by atoms with E-state index in [1.165, 1.54) is 11.1 Å². The largest absolute Gasteiger partial charge is 0.355 e. The van der Waals surface area contributed by atoms with Gasteiger partial charge in [0.2, 0.25) is 0 Å². The van der Waals surface area contributed by atoms with E-state index in [1.54, 1.807) is 6.20 Å². The van der Waals surface area contributed by atoms with Crippen LogP contribution in [-0.4, -0.2) is 33.3 Å². The van der Waals surface area contributed by atoms with E-state index >= 15 is 0 Å². The summed E-state index contributed by atoms with van der Waals surface area (Å²) in [4.78, 5) is 11.7. The third-order valence-electron chi connectivity index (χ3n) is 6.08. The lowest BCUT2D eigenvalue weighted by molar-refractivity contribution is 0.187. The van der Waals surface area contributed by atoms with Crippen molar-refractivity contribution in [2.24, 2.45) is 11.1 Å². The molecule has 2 aliphatic rings. The zero-order chi connectivity index (χ0) is 17.0. The Kier molecular flexibility index (Phi) is 3.12. The Hall–Kier alpha value is -2.47. The minimum atomic E-state index is 0.146. The molecule has 3 aromatic rings. The lowest BCUT2D eigenvalue weighted by atomic mass is 9.73. The number of aryl methyl sites for hydroxylation is 1. The summed E-state index contributed by atoms with van der Waals surface area (Å²) in [5.41, 5.74) is 12.2. The maximum absolute atomic E-state index is 6.67. The SMILES string of the molecule is Cc1nc2cn[nH]c2nc1N1CCC2(CC1)Cc1ccccc1[C@H]2N. The number of fused-ring (bicyclic) bond motifs is 2. The lowest BCUT2D eigenvalue weighted by Crippen LogP contribution is -2.44. The number of nitrogens with two attached hydrogens (primary N) is 1. The van der Waals surface area contributed by atoms with Crippen molar-refractivity contribution < 1.29 is 0 Å². The number of piperidine rings is 1. The van der Waals surface area contributed by atoms with E-state index in [0.29, 0.717) is 0 Å². The second-order valence-corrected chi connectivity index (χ2v) is 7.44. The van der Waals surface area contributed by atoms with Crippen molar-refractivity contribution in [3.05, 3.63) is 47.3 Å². The molecule has 5 rings (SSSR count). The number of nitrogens with zero attached hydrogens (tertiary/aromatic N) is 4. The average Bonchev–Trinajstić information content (AvgIpc) is 3.18. The average molecular weight is 334 g/mol. The van der Waals surface area contributed by atoms with Crippen LogP contribution in [0.15, 0.2) is 30.5 Å². The van der Waals surface area contributed by atoms with Gasteiger partial charge in [-0.05, 0) is 42.7 Å². The van der Waals surface area contributed by atoms with Crippen LogP contribution >= 0.6 is 0 Å². The van der Waals surface area contributed by atoms with Crippen molar-refractivity contribution in [2.45, 2.75) is 32.2 Å². The van der Waals surface area contributed by atoms with Crippen molar-refractivity contribution in [1.82, 2.24) is 20.2 Å².